The molecule has 0 unspecified atom stereocenters. The van der Waals surface area contributed by atoms with E-state index < -0.39 is 0 Å². The minimum absolute atomic E-state index is 0.907. The third-order valence-corrected chi connectivity index (χ3v) is 2.30. The summed E-state index contributed by atoms with van der Waals surface area (Å²) in [6.07, 6.45) is 6.84. The molecule has 9 heavy (non-hydrogen) atoms. The van der Waals surface area contributed by atoms with Crippen LogP contribution in [0.1, 0.15) is 39.0 Å². The molecule has 0 spiro atoms. The van der Waals surface area contributed by atoms with Crippen molar-refractivity contribution in [2.45, 2.75) is 39.0 Å². The van der Waals surface area contributed by atoms with Crippen molar-refractivity contribution in [1.29, 1.82) is 0 Å². The summed E-state index contributed by atoms with van der Waals surface area (Å²) < 4.78 is 0. The van der Waals surface area contributed by atoms with E-state index in [0.717, 1.165) is 5.92 Å². The summed E-state index contributed by atoms with van der Waals surface area (Å²) in [4.78, 5) is 0. The highest BCUT2D eigenvalue weighted by Crippen LogP contribution is 2.35. The number of hydrogen-bond donors (Lipinski definition) is 0. The van der Waals surface area contributed by atoms with E-state index in [1.165, 1.54) is 37.7 Å². The normalized spacial score (nSPS) is 25.9. The lowest BCUT2D eigenvalue weighted by Crippen LogP contribution is -2.13. The lowest BCUT2D eigenvalue weighted by atomic mass is 9.77. The Bertz CT molecular complexity index is 103. The molecule has 1 rings (SSSR count). The van der Waals surface area contributed by atoms with Crippen molar-refractivity contribution < 1.29 is 0 Å². The molecule has 0 nitrogen and oxygen atoms in total. The molecule has 0 heteroatoms. The zero-order valence-corrected chi connectivity index (χ0v) is 6.32. The van der Waals surface area contributed by atoms with Crippen LogP contribution in [0.25, 0.3) is 0 Å². The lowest BCUT2D eigenvalue weighted by Gasteiger charge is -2.28. The first-order valence-electron chi connectivity index (χ1n) is 4.02. The SMILES string of the molecule is C=C1CC[C@H]1CCCC. The van der Waals surface area contributed by atoms with Crippen LogP contribution in [0.2, 0.25) is 0 Å². The minimum atomic E-state index is 0.907. The third-order valence-electron chi connectivity index (χ3n) is 2.30. The van der Waals surface area contributed by atoms with Gasteiger partial charge in [0.05, 0.1) is 0 Å². The van der Waals surface area contributed by atoms with Gasteiger partial charge in [0, 0.05) is 0 Å². The molecule has 1 aliphatic carbocycles. The van der Waals surface area contributed by atoms with Gasteiger partial charge in [0.25, 0.3) is 0 Å². The number of allylic oxidation sites excluding steroid dienone is 1. The van der Waals surface area contributed by atoms with Crippen LogP contribution in [0, 0.1) is 5.92 Å². The molecule has 1 aliphatic rings. The number of unbranched alkanes of at least 4 members (excludes halogenated alkanes) is 1. The van der Waals surface area contributed by atoms with E-state index in [0.29, 0.717) is 0 Å². The molecule has 0 aromatic rings. The minimum Gasteiger partial charge on any atom is -0.0996 e. The molecule has 0 heterocycles. The molecule has 0 bridgehead atoms. The highest BCUT2D eigenvalue weighted by atomic mass is 14.3. The van der Waals surface area contributed by atoms with E-state index >= 15 is 0 Å². The number of hydrogen-bond acceptors (Lipinski definition) is 0. The second-order valence-electron chi connectivity index (χ2n) is 3.04. The largest absolute Gasteiger partial charge is 0.0996 e. The summed E-state index contributed by atoms with van der Waals surface area (Å²) in [5.41, 5.74) is 1.50. The van der Waals surface area contributed by atoms with Gasteiger partial charge in [-0.05, 0) is 25.2 Å². The van der Waals surface area contributed by atoms with Gasteiger partial charge in [-0.3, -0.25) is 0 Å². The third kappa shape index (κ3) is 1.57. The van der Waals surface area contributed by atoms with Gasteiger partial charge in [0.2, 0.25) is 0 Å². The van der Waals surface area contributed by atoms with Crippen LogP contribution >= 0.6 is 0 Å². The molecule has 0 aromatic heterocycles. The topological polar surface area (TPSA) is 0 Å². The number of rotatable bonds is 3. The summed E-state index contributed by atoms with van der Waals surface area (Å²) in [6.45, 7) is 6.25. The Hall–Kier alpha value is -0.260. The van der Waals surface area contributed by atoms with Gasteiger partial charge in [0.1, 0.15) is 0 Å². The maximum atomic E-state index is 3.99. The fourth-order valence-electron chi connectivity index (χ4n) is 1.35. The van der Waals surface area contributed by atoms with Crippen LogP contribution in [0.4, 0.5) is 0 Å². The molecule has 0 radical (unpaired) electrons. The average Bonchev–Trinajstić information content (AvgIpc) is 1.86. The predicted molar refractivity (Wildman–Crippen MR) is 41.4 cm³/mol. The Labute approximate surface area is 58.0 Å². The van der Waals surface area contributed by atoms with E-state index in [4.69, 9.17) is 0 Å². The zero-order chi connectivity index (χ0) is 6.69. The first kappa shape index (κ1) is 6.85. The molecule has 0 aliphatic heterocycles. The van der Waals surface area contributed by atoms with E-state index in [9.17, 15) is 0 Å². The molecule has 0 aromatic carbocycles. The van der Waals surface area contributed by atoms with Gasteiger partial charge in [-0.25, -0.2) is 0 Å². The maximum Gasteiger partial charge on any atom is -0.0203 e. The van der Waals surface area contributed by atoms with E-state index in [1.54, 1.807) is 0 Å². The van der Waals surface area contributed by atoms with Crippen molar-refractivity contribution in [3.63, 3.8) is 0 Å². The quantitative estimate of drug-likeness (QED) is 0.507. The first-order valence-corrected chi connectivity index (χ1v) is 4.02. The van der Waals surface area contributed by atoms with Gasteiger partial charge >= 0.3 is 0 Å². The molecular formula is C9H16. The first-order chi connectivity index (χ1) is 4.34. The van der Waals surface area contributed by atoms with Gasteiger partial charge in [-0.2, -0.15) is 0 Å². The maximum absolute atomic E-state index is 3.99. The molecule has 52 valence electrons. The van der Waals surface area contributed by atoms with E-state index in [1.807, 2.05) is 0 Å². The van der Waals surface area contributed by atoms with Crippen molar-refractivity contribution in [3.8, 4) is 0 Å². The summed E-state index contributed by atoms with van der Waals surface area (Å²) in [7, 11) is 0. The highest BCUT2D eigenvalue weighted by Gasteiger charge is 2.20. The summed E-state index contributed by atoms with van der Waals surface area (Å²) in [5, 5.41) is 0. The second kappa shape index (κ2) is 3.05. The summed E-state index contributed by atoms with van der Waals surface area (Å²) in [5.74, 6) is 0.907. The van der Waals surface area contributed by atoms with Gasteiger partial charge < -0.3 is 0 Å². The fourth-order valence-corrected chi connectivity index (χ4v) is 1.35. The van der Waals surface area contributed by atoms with Crippen LogP contribution < -0.4 is 0 Å². The zero-order valence-electron chi connectivity index (χ0n) is 6.32. The van der Waals surface area contributed by atoms with Crippen molar-refractivity contribution in [3.05, 3.63) is 12.2 Å². The Kier molecular flexibility index (Phi) is 2.32. The Morgan fingerprint density at radius 3 is 2.78 bits per heavy atom. The molecule has 0 saturated heterocycles. The molecular weight excluding hydrogens is 108 g/mol. The molecule has 0 N–H and O–H groups in total. The summed E-state index contributed by atoms with van der Waals surface area (Å²) in [6, 6.07) is 0. The highest BCUT2D eigenvalue weighted by molar-refractivity contribution is 5.09. The van der Waals surface area contributed by atoms with Gasteiger partial charge in [-0.15, -0.1) is 0 Å². The Morgan fingerprint density at radius 2 is 2.44 bits per heavy atom. The van der Waals surface area contributed by atoms with Crippen LogP contribution in [0.3, 0.4) is 0 Å². The van der Waals surface area contributed by atoms with Crippen LogP contribution in [-0.4, -0.2) is 0 Å². The van der Waals surface area contributed by atoms with Crippen LogP contribution in [-0.2, 0) is 0 Å². The van der Waals surface area contributed by atoms with Gasteiger partial charge in [0.15, 0.2) is 0 Å². The standard InChI is InChI=1S/C9H16/c1-3-4-5-9-7-6-8(9)2/h9H,2-7H2,1H3/t9-/m1/s1. The van der Waals surface area contributed by atoms with E-state index in [2.05, 4.69) is 13.5 Å². The van der Waals surface area contributed by atoms with Crippen molar-refractivity contribution >= 4 is 0 Å². The Balaban J connectivity index is 2.06. The Morgan fingerprint density at radius 1 is 1.67 bits per heavy atom. The molecule has 1 fully saturated rings. The average molecular weight is 124 g/mol. The van der Waals surface area contributed by atoms with Crippen molar-refractivity contribution in [2.24, 2.45) is 5.92 Å². The smallest absolute Gasteiger partial charge is 0.0203 e. The van der Waals surface area contributed by atoms with Crippen LogP contribution in [0.15, 0.2) is 12.2 Å². The monoisotopic (exact) mass is 124 g/mol. The summed E-state index contributed by atoms with van der Waals surface area (Å²) >= 11 is 0. The fraction of sp³-hybridized carbons (Fsp3) is 0.778. The molecule has 1 atom stereocenters. The van der Waals surface area contributed by atoms with Crippen LogP contribution in [0.5, 0.6) is 0 Å². The van der Waals surface area contributed by atoms with Crippen molar-refractivity contribution in [2.75, 3.05) is 0 Å². The predicted octanol–water partition coefficient (Wildman–Crippen LogP) is 3.14. The second-order valence-corrected chi connectivity index (χ2v) is 3.04. The van der Waals surface area contributed by atoms with Crippen molar-refractivity contribution in [1.82, 2.24) is 0 Å². The molecule has 0 amide bonds. The molecule has 1 saturated carbocycles. The lowest BCUT2D eigenvalue weighted by molar-refractivity contribution is 0.403. The van der Waals surface area contributed by atoms with E-state index in [-0.39, 0.29) is 0 Å². The van der Waals surface area contributed by atoms with Gasteiger partial charge in [-0.1, -0.05) is 31.9 Å².